The summed E-state index contributed by atoms with van der Waals surface area (Å²) in [6.45, 7) is 2.09. The first kappa shape index (κ1) is 14.9. The molecule has 9 rings (SSSR count). The lowest BCUT2D eigenvalue weighted by Gasteiger charge is -2.73. The van der Waals surface area contributed by atoms with Crippen LogP contribution < -0.4 is 4.74 Å². The molecule has 8 fully saturated rings. The van der Waals surface area contributed by atoms with Crippen LogP contribution in [0.15, 0.2) is 30.3 Å². The summed E-state index contributed by atoms with van der Waals surface area (Å²) in [6.07, 6.45) is 7.57. The van der Waals surface area contributed by atoms with E-state index in [1.54, 1.807) is 6.42 Å². The van der Waals surface area contributed by atoms with Crippen LogP contribution in [0.2, 0.25) is 0 Å². The van der Waals surface area contributed by atoms with Crippen molar-refractivity contribution in [1.82, 2.24) is 0 Å². The van der Waals surface area contributed by atoms with Gasteiger partial charge in [0.05, 0.1) is 18.8 Å². The van der Waals surface area contributed by atoms with Crippen molar-refractivity contribution in [3.8, 4) is 5.75 Å². The van der Waals surface area contributed by atoms with E-state index in [-0.39, 0.29) is 5.60 Å². The molecule has 29 heavy (non-hydrogen) atoms. The summed E-state index contributed by atoms with van der Waals surface area (Å²) < 4.78 is 13.8. The molecular weight excluding hydrogens is 356 g/mol. The van der Waals surface area contributed by atoms with Crippen LogP contribution in [0.5, 0.6) is 5.75 Å². The number of rotatable bonds is 3. The van der Waals surface area contributed by atoms with E-state index in [0.717, 1.165) is 84.1 Å². The third-order valence-electron chi connectivity index (χ3n) is 13.3. The Bertz CT molecular complexity index is 974. The number of hydrogen-bond donors (Lipinski definition) is 0. The summed E-state index contributed by atoms with van der Waals surface area (Å²) in [5.41, 5.74) is 1.17. The Morgan fingerprint density at radius 2 is 1.62 bits per heavy atom. The fourth-order valence-corrected chi connectivity index (χ4v) is 14.2. The first-order valence-corrected chi connectivity index (χ1v) is 12.7. The van der Waals surface area contributed by atoms with Crippen molar-refractivity contribution in [2.75, 3.05) is 13.2 Å². The Morgan fingerprint density at radius 1 is 0.828 bits per heavy atom. The van der Waals surface area contributed by atoms with Gasteiger partial charge in [0.1, 0.15) is 5.75 Å². The van der Waals surface area contributed by atoms with E-state index in [0.29, 0.717) is 10.8 Å². The van der Waals surface area contributed by atoms with Crippen LogP contribution in [0.4, 0.5) is 0 Å². The molecule has 0 bridgehead atoms. The van der Waals surface area contributed by atoms with Crippen molar-refractivity contribution in [3.63, 3.8) is 0 Å². The predicted octanol–water partition coefficient (Wildman–Crippen LogP) is 4.64. The van der Waals surface area contributed by atoms with Gasteiger partial charge in [0.2, 0.25) is 0 Å². The molecule has 1 aliphatic heterocycles. The Balaban J connectivity index is 1.24. The van der Waals surface area contributed by atoms with Crippen molar-refractivity contribution < 1.29 is 9.47 Å². The Hall–Kier alpha value is -1.02. The van der Waals surface area contributed by atoms with E-state index < -0.39 is 0 Å². The van der Waals surface area contributed by atoms with Gasteiger partial charge in [0, 0.05) is 10.8 Å². The SMILES string of the molecule is c1ccc(OCC23C4C5CCCC5C5C4C4C2C2C6CCC2[C@]32OC[C@]52C64)cc1. The fraction of sp³-hybridized carbons (Fsp3) is 0.778. The van der Waals surface area contributed by atoms with E-state index in [4.69, 9.17) is 9.47 Å². The molecule has 1 aromatic rings. The van der Waals surface area contributed by atoms with Crippen LogP contribution in [0.1, 0.15) is 32.1 Å². The van der Waals surface area contributed by atoms with Crippen LogP contribution in [-0.2, 0) is 4.74 Å². The van der Waals surface area contributed by atoms with E-state index in [1.807, 2.05) is 0 Å². The maximum absolute atomic E-state index is 7.07. The van der Waals surface area contributed by atoms with Gasteiger partial charge in [-0.2, -0.15) is 0 Å². The highest BCUT2D eigenvalue weighted by atomic mass is 16.5. The van der Waals surface area contributed by atoms with Crippen LogP contribution in [0, 0.1) is 75.9 Å². The molecule has 0 N–H and O–H groups in total. The average molecular weight is 387 g/mol. The summed E-state index contributed by atoms with van der Waals surface area (Å²) in [7, 11) is 0. The Kier molecular flexibility index (Phi) is 2.08. The molecule has 2 nitrogen and oxygen atoms in total. The quantitative estimate of drug-likeness (QED) is 0.753. The molecule has 8 aliphatic rings. The lowest BCUT2D eigenvalue weighted by molar-refractivity contribution is -0.393. The van der Waals surface area contributed by atoms with Gasteiger partial charge in [0.25, 0.3) is 0 Å². The summed E-state index contributed by atoms with van der Waals surface area (Å²) in [6, 6.07) is 10.7. The zero-order valence-corrected chi connectivity index (χ0v) is 17.0. The molecule has 7 saturated carbocycles. The highest BCUT2D eigenvalue weighted by molar-refractivity contribution is 5.50. The minimum absolute atomic E-state index is 0.227. The van der Waals surface area contributed by atoms with Gasteiger partial charge in [-0.25, -0.2) is 0 Å². The molecule has 0 aromatic heterocycles. The first-order chi connectivity index (χ1) is 14.4. The second kappa shape index (κ2) is 4.06. The molecule has 1 aromatic carbocycles. The van der Waals surface area contributed by atoms with Crippen LogP contribution >= 0.6 is 0 Å². The topological polar surface area (TPSA) is 18.5 Å². The Labute approximate surface area is 172 Å². The molecule has 1 heterocycles. The molecule has 14 atom stereocenters. The third-order valence-corrected chi connectivity index (χ3v) is 13.3. The summed E-state index contributed by atoms with van der Waals surface area (Å²) in [5, 5.41) is 0. The minimum atomic E-state index is 0.227. The fourth-order valence-electron chi connectivity index (χ4n) is 14.2. The zero-order chi connectivity index (χ0) is 18.3. The monoisotopic (exact) mass is 386 g/mol. The van der Waals surface area contributed by atoms with Crippen molar-refractivity contribution in [1.29, 1.82) is 0 Å². The average Bonchev–Trinajstić information content (AvgIpc) is 3.48. The molecule has 2 heteroatoms. The molecule has 1 saturated heterocycles. The lowest BCUT2D eigenvalue weighted by Crippen LogP contribution is -2.80. The summed E-state index contributed by atoms with van der Waals surface area (Å²) in [5.74, 6) is 12.2. The molecule has 12 unspecified atom stereocenters. The summed E-state index contributed by atoms with van der Waals surface area (Å²) in [4.78, 5) is 0. The van der Waals surface area contributed by atoms with Crippen LogP contribution in [0.3, 0.4) is 0 Å². The van der Waals surface area contributed by atoms with Crippen molar-refractivity contribution in [2.24, 2.45) is 75.9 Å². The molecule has 0 amide bonds. The lowest BCUT2D eigenvalue weighted by atomic mass is 9.40. The second-order valence-corrected chi connectivity index (χ2v) is 12.6. The maximum Gasteiger partial charge on any atom is 0.119 e. The number of fused-ring (bicyclic) bond motifs is 10. The smallest absolute Gasteiger partial charge is 0.119 e. The number of ether oxygens (including phenoxy) is 2. The molecule has 0 radical (unpaired) electrons. The van der Waals surface area contributed by atoms with Gasteiger partial charge in [-0.15, -0.1) is 0 Å². The van der Waals surface area contributed by atoms with Crippen molar-refractivity contribution in [2.45, 2.75) is 37.7 Å². The molecule has 7 aliphatic carbocycles. The first-order valence-electron chi connectivity index (χ1n) is 12.7. The number of para-hydroxylation sites is 1. The van der Waals surface area contributed by atoms with E-state index in [2.05, 4.69) is 30.3 Å². The van der Waals surface area contributed by atoms with Gasteiger partial charge in [-0.3, -0.25) is 0 Å². The standard InChI is InChI=1S/C27H30O2/c1-2-5-13(6-3-1)28-11-25-21-14-7-4-8-15(14)22-19(21)20-23-16-9-10-17(18(16)24(20)25)27(25)26(22,23)12-29-27/h1-3,5-6,14-24H,4,7-12H2/t14?,15?,16?,17?,18?,19?,20?,21?,22?,23?,24?,25?,26-,27+/m1/s1. The van der Waals surface area contributed by atoms with E-state index in [1.165, 1.54) is 25.7 Å². The van der Waals surface area contributed by atoms with Crippen LogP contribution in [-0.4, -0.2) is 18.8 Å². The molecule has 2 spiro atoms. The highest BCUT2D eigenvalue weighted by Gasteiger charge is 3.03. The van der Waals surface area contributed by atoms with E-state index >= 15 is 0 Å². The predicted molar refractivity (Wildman–Crippen MR) is 107 cm³/mol. The normalized spacial score (nSPS) is 69.3. The van der Waals surface area contributed by atoms with Gasteiger partial charge in [0.15, 0.2) is 0 Å². The Morgan fingerprint density at radius 3 is 2.45 bits per heavy atom. The highest BCUT2D eigenvalue weighted by Crippen LogP contribution is 3.01. The van der Waals surface area contributed by atoms with E-state index in [9.17, 15) is 0 Å². The van der Waals surface area contributed by atoms with Gasteiger partial charge >= 0.3 is 0 Å². The molecular formula is C27H30O2. The third kappa shape index (κ3) is 1.04. The van der Waals surface area contributed by atoms with Crippen LogP contribution in [0.25, 0.3) is 0 Å². The maximum atomic E-state index is 7.07. The largest absolute Gasteiger partial charge is 0.493 e. The number of benzene rings is 1. The van der Waals surface area contributed by atoms with Gasteiger partial charge in [-0.1, -0.05) is 24.6 Å². The van der Waals surface area contributed by atoms with Gasteiger partial charge < -0.3 is 9.47 Å². The summed E-state index contributed by atoms with van der Waals surface area (Å²) >= 11 is 0. The van der Waals surface area contributed by atoms with Crippen molar-refractivity contribution in [3.05, 3.63) is 30.3 Å². The second-order valence-electron chi connectivity index (χ2n) is 12.6. The number of hydrogen-bond acceptors (Lipinski definition) is 2. The minimum Gasteiger partial charge on any atom is -0.493 e. The van der Waals surface area contributed by atoms with Crippen molar-refractivity contribution >= 4 is 0 Å². The van der Waals surface area contributed by atoms with Gasteiger partial charge in [-0.05, 0) is 103 Å². The molecule has 150 valence electrons. The zero-order valence-electron chi connectivity index (χ0n) is 17.0.